The van der Waals surface area contributed by atoms with Crippen LogP contribution < -0.4 is 0 Å². The Labute approximate surface area is 556 Å². The molecule has 0 radical (unpaired) electrons. The van der Waals surface area contributed by atoms with Crippen molar-refractivity contribution < 1.29 is 154 Å². The summed E-state index contributed by atoms with van der Waals surface area (Å²) >= 11 is 0. The first-order valence-electron chi connectivity index (χ1n) is 34.3. The molecule has 0 aromatic carbocycles. The first-order chi connectivity index (χ1) is 45.2. The number of allylic oxidation sites excluding steroid dienone is 2. The molecule has 0 bridgehead atoms. The number of rotatable bonds is 17. The van der Waals surface area contributed by atoms with Gasteiger partial charge in [-0.2, -0.15) is 0 Å². The molecule has 6 saturated heterocycles. The van der Waals surface area contributed by atoms with Gasteiger partial charge in [-0.3, -0.25) is 4.79 Å². The van der Waals surface area contributed by atoms with Crippen LogP contribution in [-0.2, 0) is 61.6 Å². The monoisotopic (exact) mass is 1380 g/mol. The van der Waals surface area contributed by atoms with E-state index in [4.69, 9.17) is 56.8 Å². The fourth-order valence-corrected chi connectivity index (χ4v) is 19.3. The molecule has 5 aliphatic carbocycles. The second-order valence-corrected chi connectivity index (χ2v) is 30.8. The third-order valence-corrected chi connectivity index (χ3v) is 25.4. The molecule has 0 amide bonds. The van der Waals surface area contributed by atoms with Crippen LogP contribution in [0.5, 0.6) is 0 Å². The Bertz CT molecular complexity index is 2680. The van der Waals surface area contributed by atoms with Gasteiger partial charge in [-0.25, -0.2) is 0 Å². The predicted molar refractivity (Wildman–Crippen MR) is 321 cm³/mol. The SMILES string of the molecule is CC(C)[C@@H]1CC[C@]2(C(=O)O[C@@H]3O[C@H](CO[C@@H]4O[C@H](CO)[C@@H](O[C@@H]5O[C@@H](C)[C@H](O)[C@@H](O)[C@H]5O)[C@H](O)[C@H]4O)[C@H](O)[C@H](O)[C@H]3O)CC[C@]3(C)C(=CC[C@H]4[C@@]5(C)CC[C@H](O[C@@H]6OC[C@H](O)[C@H](O)[C@H]6O[C@@H]6O[C@@H](C)[C@H](O)[C@@H](O[C@@H]7O[C@H](CO)[C@@H](O)[C@H](O)[C@H]7O)[C@H]6O)[C@@](C)(CO)[C@H]5CC[C@]43C)[C@H]12. The quantitative estimate of drug-likeness (QED) is 0.0369. The molecule has 6 aliphatic heterocycles. The smallest absolute Gasteiger partial charge is 0.315 e. The molecule has 31 nitrogen and oxygen atoms in total. The minimum Gasteiger partial charge on any atom is -0.432 e. The Morgan fingerprint density at radius 1 is 0.521 bits per heavy atom. The number of hydrogen-bond donors (Lipinski definition) is 18. The molecule has 0 unspecified atom stereocenters. The van der Waals surface area contributed by atoms with E-state index < -0.39 is 232 Å². The fourth-order valence-electron chi connectivity index (χ4n) is 19.3. The van der Waals surface area contributed by atoms with E-state index in [2.05, 4.69) is 40.7 Å². The lowest BCUT2D eigenvalue weighted by Gasteiger charge is -2.71. The van der Waals surface area contributed by atoms with E-state index >= 15 is 4.79 Å². The molecule has 4 saturated carbocycles. The van der Waals surface area contributed by atoms with Crippen molar-refractivity contribution in [1.82, 2.24) is 0 Å². The van der Waals surface area contributed by atoms with E-state index in [-0.39, 0.29) is 48.2 Å². The highest BCUT2D eigenvalue weighted by molar-refractivity contribution is 5.79. The first-order valence-corrected chi connectivity index (χ1v) is 34.3. The van der Waals surface area contributed by atoms with Crippen LogP contribution >= 0.6 is 0 Å². The maximum atomic E-state index is 15.3. The highest BCUT2D eigenvalue weighted by atomic mass is 16.8. The van der Waals surface area contributed by atoms with Crippen LogP contribution in [0.3, 0.4) is 0 Å². The average Bonchev–Trinajstić information content (AvgIpc) is 0.949. The summed E-state index contributed by atoms with van der Waals surface area (Å²) in [6.45, 7) is 13.1. The van der Waals surface area contributed by atoms with Crippen LogP contribution in [0.2, 0.25) is 0 Å². The maximum absolute atomic E-state index is 15.3. The van der Waals surface area contributed by atoms with Gasteiger partial charge in [0.2, 0.25) is 6.29 Å². The van der Waals surface area contributed by atoms with Crippen LogP contribution in [0.15, 0.2) is 11.6 Å². The fraction of sp³-hybridized carbons (Fsp3) is 0.954. The standard InChI is InChI=1S/C65H106O31/c1-24(2)27-11-16-65(60(84)96-57-48(81)44(77)41(74)32(91-57)22-86-54-49(82)45(78)51(31(20-67)90-54)93-55-46(79)42(75)37(70)25(3)87-55)18-17-63(7)28(36(27)65)9-10-34-61(5)14-13-35(62(6,23-68)33(61)12-15-64(34,63)8)92-59-53(39(72)29(69)21-85-59)95-58-50(83)52(38(71)26(4)88-58)94-56-47(80)43(76)40(73)30(19-66)89-56/h9,24-27,29-59,66-83H,10-23H2,1-8H3/t25-,26-,27-,29-,30+,31+,32+,33-,34-,35-,36-,37-,38-,39-,40+,41-,42+,43-,44-,45+,46+,47+,48+,49+,50+,51+,52+,53+,54+,55-,56-,57-,58-,59-,61-,62-,63+,64+,65-/m0/s1. The van der Waals surface area contributed by atoms with Crippen molar-refractivity contribution in [2.24, 2.45) is 56.7 Å². The zero-order valence-electron chi connectivity index (χ0n) is 55.5. The Morgan fingerprint density at radius 2 is 1.08 bits per heavy atom. The van der Waals surface area contributed by atoms with Crippen molar-refractivity contribution in [1.29, 1.82) is 0 Å². The summed E-state index contributed by atoms with van der Waals surface area (Å²) in [5.74, 6) is -0.869. The van der Waals surface area contributed by atoms with Crippen LogP contribution in [0, 0.1) is 56.7 Å². The van der Waals surface area contributed by atoms with Gasteiger partial charge < -0.3 is 149 Å². The van der Waals surface area contributed by atoms with Crippen molar-refractivity contribution in [3.8, 4) is 0 Å². The molecule has 18 N–H and O–H groups in total. The molecular weight excluding hydrogens is 1280 g/mol. The van der Waals surface area contributed by atoms with Gasteiger partial charge in [0.05, 0.1) is 56.8 Å². The average molecular weight is 1380 g/mol. The maximum Gasteiger partial charge on any atom is 0.315 e. The van der Waals surface area contributed by atoms with E-state index in [0.717, 1.165) is 12.0 Å². The number of carbonyl (C=O) groups is 1. The summed E-state index contributed by atoms with van der Waals surface area (Å²) in [5, 5.41) is 196. The van der Waals surface area contributed by atoms with Crippen LogP contribution in [0.1, 0.15) is 113 Å². The molecule has 11 rings (SSSR count). The topological polar surface area (TPSA) is 492 Å². The van der Waals surface area contributed by atoms with Crippen LogP contribution in [0.4, 0.5) is 0 Å². The molecule has 6 heterocycles. The molecule has 10 fully saturated rings. The van der Waals surface area contributed by atoms with Crippen LogP contribution in [-0.4, -0.2) is 315 Å². The first kappa shape index (κ1) is 75.2. The van der Waals surface area contributed by atoms with E-state index in [1.165, 1.54) is 13.8 Å². The summed E-state index contributed by atoms with van der Waals surface area (Å²) < 4.78 is 71.4. The summed E-state index contributed by atoms with van der Waals surface area (Å²) in [5.41, 5.74) is -2.05. The number of ether oxygens (including phenoxy) is 12. The van der Waals surface area contributed by atoms with Gasteiger partial charge in [0.25, 0.3) is 0 Å². The molecular formula is C65H106O31. The number of aliphatic hydroxyl groups is 18. The Morgan fingerprint density at radius 3 is 1.73 bits per heavy atom. The van der Waals surface area contributed by atoms with Crippen molar-refractivity contribution in [3.05, 3.63) is 11.6 Å². The van der Waals surface area contributed by atoms with Gasteiger partial charge in [-0.05, 0) is 117 Å². The molecule has 0 aromatic rings. The Hall–Kier alpha value is -1.95. The van der Waals surface area contributed by atoms with E-state index in [1.807, 2.05) is 6.92 Å². The highest BCUT2D eigenvalue weighted by Gasteiger charge is 2.72. The second-order valence-electron chi connectivity index (χ2n) is 30.8. The molecule has 39 atom stereocenters. The lowest BCUT2D eigenvalue weighted by molar-refractivity contribution is -0.383. The minimum absolute atomic E-state index is 0.0310. The molecule has 552 valence electrons. The van der Waals surface area contributed by atoms with Gasteiger partial charge in [0, 0.05) is 5.41 Å². The summed E-state index contributed by atoms with van der Waals surface area (Å²) in [4.78, 5) is 15.3. The summed E-state index contributed by atoms with van der Waals surface area (Å²) in [6, 6.07) is 0. The lowest BCUT2D eigenvalue weighted by atomic mass is 9.34. The normalized spacial score (nSPS) is 55.3. The van der Waals surface area contributed by atoms with Gasteiger partial charge in [-0.15, -0.1) is 0 Å². The van der Waals surface area contributed by atoms with E-state index in [0.29, 0.717) is 51.4 Å². The van der Waals surface area contributed by atoms with Crippen molar-refractivity contribution in [2.75, 3.05) is 33.0 Å². The van der Waals surface area contributed by atoms with E-state index in [9.17, 15) is 91.9 Å². The van der Waals surface area contributed by atoms with Gasteiger partial charge in [-0.1, -0.05) is 53.2 Å². The highest BCUT2D eigenvalue weighted by Crippen LogP contribution is 2.77. The molecule has 96 heavy (non-hydrogen) atoms. The molecule has 11 aliphatic rings. The number of hydrogen-bond acceptors (Lipinski definition) is 31. The predicted octanol–water partition coefficient (Wildman–Crippen LogP) is -4.86. The number of carbonyl (C=O) groups excluding carboxylic acids is 1. The van der Waals surface area contributed by atoms with Crippen LogP contribution in [0.25, 0.3) is 0 Å². The molecule has 31 heteroatoms. The van der Waals surface area contributed by atoms with Gasteiger partial charge >= 0.3 is 5.97 Å². The third-order valence-electron chi connectivity index (χ3n) is 25.4. The number of fused-ring (bicyclic) bond motifs is 7. The lowest BCUT2D eigenvalue weighted by Crippen LogP contribution is -2.67. The van der Waals surface area contributed by atoms with Crippen molar-refractivity contribution in [3.63, 3.8) is 0 Å². The number of aliphatic hydroxyl groups excluding tert-OH is 18. The largest absolute Gasteiger partial charge is 0.432 e. The minimum atomic E-state index is -1.92. The summed E-state index contributed by atoms with van der Waals surface area (Å²) in [6.07, 6.45) is -40.8. The van der Waals surface area contributed by atoms with Crippen molar-refractivity contribution in [2.45, 2.75) is 297 Å². The third kappa shape index (κ3) is 12.6. The van der Waals surface area contributed by atoms with Crippen molar-refractivity contribution >= 4 is 5.97 Å². The Kier molecular flexibility index (Phi) is 22.4. The summed E-state index contributed by atoms with van der Waals surface area (Å²) in [7, 11) is 0. The van der Waals surface area contributed by atoms with Gasteiger partial charge in [0.15, 0.2) is 31.5 Å². The number of esters is 1. The van der Waals surface area contributed by atoms with Gasteiger partial charge in [0.1, 0.15) is 128 Å². The van der Waals surface area contributed by atoms with E-state index in [1.54, 1.807) is 0 Å². The Balaban J connectivity index is 0.771. The zero-order chi connectivity index (χ0) is 70.0. The zero-order valence-corrected chi connectivity index (χ0v) is 55.5. The molecule has 0 aromatic heterocycles. The molecule has 0 spiro atoms. The second kappa shape index (κ2) is 28.6.